The summed E-state index contributed by atoms with van der Waals surface area (Å²) in [7, 11) is 0. The van der Waals surface area contributed by atoms with Crippen LogP contribution in [0.25, 0.3) is 0 Å². The van der Waals surface area contributed by atoms with Crippen LogP contribution in [0.5, 0.6) is 0 Å². The van der Waals surface area contributed by atoms with E-state index in [1.165, 1.54) is 12.6 Å². The second-order valence-electron chi connectivity index (χ2n) is 10.3. The number of carbonyl (C=O) groups is 1. The van der Waals surface area contributed by atoms with E-state index in [2.05, 4.69) is 18.9 Å². The minimum absolute atomic E-state index is 0.0819. The van der Waals surface area contributed by atoms with Crippen molar-refractivity contribution in [2.24, 2.45) is 40.1 Å². The van der Waals surface area contributed by atoms with Crippen LogP contribution in [0.2, 0.25) is 0 Å². The van der Waals surface area contributed by atoms with Crippen molar-refractivity contribution in [1.29, 1.82) is 5.41 Å². The Labute approximate surface area is 181 Å². The van der Waals surface area contributed by atoms with Gasteiger partial charge in [0.2, 0.25) is 0 Å². The summed E-state index contributed by atoms with van der Waals surface area (Å²) in [4.78, 5) is 12.6. The minimum atomic E-state index is -0.209. The van der Waals surface area contributed by atoms with Crippen LogP contribution in [0, 0.1) is 40.4 Å². The van der Waals surface area contributed by atoms with Crippen molar-refractivity contribution in [2.45, 2.75) is 90.3 Å². The summed E-state index contributed by atoms with van der Waals surface area (Å²) < 4.78 is 0. The Hall–Kier alpha value is -1.11. The number of hydrogen-bond donors (Lipinski definition) is 4. The molecule has 3 aliphatic rings. The highest BCUT2D eigenvalue weighted by Crippen LogP contribution is 2.60. The van der Waals surface area contributed by atoms with Gasteiger partial charge in [0.25, 0.3) is 0 Å². The van der Waals surface area contributed by atoms with Crippen LogP contribution in [0.1, 0.15) is 78.1 Å². The zero-order valence-corrected chi connectivity index (χ0v) is 18.8. The van der Waals surface area contributed by atoms with Crippen molar-refractivity contribution in [3.8, 4) is 0 Å². The van der Waals surface area contributed by atoms with Crippen molar-refractivity contribution < 1.29 is 20.4 Å². The van der Waals surface area contributed by atoms with Gasteiger partial charge in [-0.15, -0.1) is 0 Å². The second-order valence-corrected chi connectivity index (χ2v) is 10.3. The van der Waals surface area contributed by atoms with Crippen LogP contribution in [0.3, 0.4) is 0 Å². The number of Topliss-reactive ketones (excluding diaryl/α,β-unsaturated/α-hetero) is 1. The third kappa shape index (κ3) is 5.03. The first kappa shape index (κ1) is 23.6. The van der Waals surface area contributed by atoms with E-state index in [0.29, 0.717) is 30.2 Å². The number of aliphatic hydroxyl groups excluding tert-OH is 2. The van der Waals surface area contributed by atoms with Gasteiger partial charge in [-0.3, -0.25) is 4.79 Å². The van der Waals surface area contributed by atoms with Gasteiger partial charge in [-0.1, -0.05) is 18.9 Å². The molecule has 5 N–H and O–H groups in total. The van der Waals surface area contributed by atoms with E-state index in [0.717, 1.165) is 64.0 Å². The van der Waals surface area contributed by atoms with E-state index < -0.39 is 0 Å². The summed E-state index contributed by atoms with van der Waals surface area (Å²) in [5.74, 6) is 2.38. The monoisotopic (exact) mass is 420 g/mol. The molecule has 3 fully saturated rings. The quantitative estimate of drug-likeness (QED) is 0.261. The number of ketones is 1. The Balaban J connectivity index is 1.61. The molecule has 8 atom stereocenters. The van der Waals surface area contributed by atoms with E-state index in [1.54, 1.807) is 5.43 Å². The maximum Gasteiger partial charge on any atom is 0.192 e. The fourth-order valence-corrected chi connectivity index (χ4v) is 7.16. The molecule has 3 aliphatic carbocycles. The minimum Gasteiger partial charge on any atom is -0.393 e. The fourth-order valence-electron chi connectivity index (χ4n) is 7.16. The molecule has 0 radical (unpaired) electrons. The summed E-state index contributed by atoms with van der Waals surface area (Å²) in [6.07, 6.45) is 12.1. The number of carbonyl (C=O) groups excluding carboxylic acids is 1. The van der Waals surface area contributed by atoms with E-state index in [4.69, 9.17) is 5.41 Å². The summed E-state index contributed by atoms with van der Waals surface area (Å²) in [6.45, 7) is 4.83. The molecular weight excluding hydrogens is 378 g/mol. The Morgan fingerprint density at radius 2 is 2.07 bits per heavy atom. The Bertz CT molecular complexity index is 625. The SMILES string of the molecule is CCC(CCC1CCC(O)C2C1CCC1CC(O)CCC12C)C(=O)C[NH2+]N=CC=N. The maximum atomic E-state index is 12.6. The van der Waals surface area contributed by atoms with Crippen LogP contribution < -0.4 is 5.43 Å². The average Bonchev–Trinajstić information content (AvgIpc) is 2.73. The third-order valence-electron chi connectivity index (χ3n) is 8.82. The summed E-state index contributed by atoms with van der Waals surface area (Å²) in [5, 5.41) is 32.1. The lowest BCUT2D eigenvalue weighted by atomic mass is 9.47. The lowest BCUT2D eigenvalue weighted by Gasteiger charge is -2.59. The second kappa shape index (κ2) is 10.5. The zero-order valence-electron chi connectivity index (χ0n) is 18.8. The van der Waals surface area contributed by atoms with Gasteiger partial charge < -0.3 is 15.6 Å². The maximum absolute atomic E-state index is 12.6. The van der Waals surface area contributed by atoms with Gasteiger partial charge >= 0.3 is 0 Å². The number of rotatable bonds is 9. The van der Waals surface area contributed by atoms with Gasteiger partial charge in [-0.05, 0) is 93.3 Å². The normalized spacial score (nSPS) is 39.9. The molecule has 0 aromatic rings. The number of fused-ring (bicyclic) bond motifs is 3. The molecular formula is C24H42N3O3+. The summed E-state index contributed by atoms with van der Waals surface area (Å²) in [5.41, 5.74) is 1.77. The van der Waals surface area contributed by atoms with Crippen molar-refractivity contribution in [3.63, 3.8) is 0 Å². The molecule has 3 saturated carbocycles. The first-order chi connectivity index (χ1) is 14.4. The van der Waals surface area contributed by atoms with Gasteiger partial charge in [0.05, 0.1) is 18.4 Å². The lowest BCUT2D eigenvalue weighted by Crippen LogP contribution is -2.80. The Morgan fingerprint density at radius 3 is 2.80 bits per heavy atom. The number of quaternary nitrogens is 1. The molecule has 0 aliphatic heterocycles. The Kier molecular flexibility index (Phi) is 8.22. The zero-order chi connectivity index (χ0) is 21.7. The number of nitrogens with two attached hydrogens (primary N) is 1. The molecule has 6 nitrogen and oxygen atoms in total. The first-order valence-electron chi connectivity index (χ1n) is 12.1. The van der Waals surface area contributed by atoms with Gasteiger partial charge in [0.15, 0.2) is 12.3 Å². The van der Waals surface area contributed by atoms with Crippen molar-refractivity contribution in [3.05, 3.63) is 0 Å². The van der Waals surface area contributed by atoms with E-state index in [-0.39, 0.29) is 29.3 Å². The standard InChI is InChI=1S/C24H41N3O3/c1-3-16(22(30)15-27-26-13-12-25)4-5-17-6-9-21(29)23-20(17)8-7-18-14-19(28)10-11-24(18,23)2/h12-13,16-21,23,25,27-29H,3-11,14-15H2,1-2H3/p+1. The van der Waals surface area contributed by atoms with Crippen LogP contribution in [-0.4, -0.2) is 47.2 Å². The van der Waals surface area contributed by atoms with Crippen molar-refractivity contribution in [2.75, 3.05) is 6.54 Å². The van der Waals surface area contributed by atoms with E-state index in [9.17, 15) is 15.0 Å². The number of aliphatic hydroxyl groups is 2. The molecule has 6 heteroatoms. The van der Waals surface area contributed by atoms with Gasteiger partial charge in [0, 0.05) is 12.1 Å². The van der Waals surface area contributed by atoms with E-state index >= 15 is 0 Å². The first-order valence-corrected chi connectivity index (χ1v) is 12.1. The predicted octanol–water partition coefficient (Wildman–Crippen LogP) is 2.53. The molecule has 170 valence electrons. The topological polar surface area (TPSA) is 110 Å². The highest BCUT2D eigenvalue weighted by molar-refractivity contribution is 6.14. The third-order valence-corrected chi connectivity index (χ3v) is 8.82. The Morgan fingerprint density at radius 1 is 1.27 bits per heavy atom. The number of nitrogens with zero attached hydrogens (tertiary/aromatic N) is 1. The van der Waals surface area contributed by atoms with Crippen molar-refractivity contribution >= 4 is 18.2 Å². The average molecular weight is 421 g/mol. The molecule has 0 amide bonds. The highest BCUT2D eigenvalue weighted by atomic mass is 16.3. The molecule has 0 spiro atoms. The molecule has 8 unspecified atom stereocenters. The molecule has 0 aromatic carbocycles. The van der Waals surface area contributed by atoms with Gasteiger partial charge in [-0.2, -0.15) is 0 Å². The van der Waals surface area contributed by atoms with Crippen LogP contribution in [-0.2, 0) is 4.79 Å². The summed E-state index contributed by atoms with van der Waals surface area (Å²) >= 11 is 0. The predicted molar refractivity (Wildman–Crippen MR) is 118 cm³/mol. The van der Waals surface area contributed by atoms with E-state index in [1.807, 2.05) is 0 Å². The molecule has 0 saturated heterocycles. The molecule has 3 rings (SSSR count). The summed E-state index contributed by atoms with van der Waals surface area (Å²) in [6, 6.07) is 0. The van der Waals surface area contributed by atoms with Gasteiger partial charge in [-0.25, -0.2) is 5.43 Å². The van der Waals surface area contributed by atoms with Crippen LogP contribution in [0.4, 0.5) is 0 Å². The van der Waals surface area contributed by atoms with Crippen molar-refractivity contribution in [1.82, 2.24) is 0 Å². The molecule has 0 bridgehead atoms. The fraction of sp³-hybridized carbons (Fsp3) is 0.875. The molecule has 0 heterocycles. The number of nitrogens with one attached hydrogen (secondary N) is 1. The smallest absolute Gasteiger partial charge is 0.192 e. The largest absolute Gasteiger partial charge is 0.393 e. The molecule has 0 aromatic heterocycles. The van der Waals surface area contributed by atoms with Crippen LogP contribution in [0.15, 0.2) is 5.10 Å². The van der Waals surface area contributed by atoms with Gasteiger partial charge in [0.1, 0.15) is 0 Å². The highest BCUT2D eigenvalue weighted by Gasteiger charge is 2.55. The lowest BCUT2D eigenvalue weighted by molar-refractivity contribution is -0.649. The molecule has 30 heavy (non-hydrogen) atoms. The van der Waals surface area contributed by atoms with Crippen LogP contribution >= 0.6 is 0 Å². The number of hydrogen-bond acceptors (Lipinski definition) is 5.